The summed E-state index contributed by atoms with van der Waals surface area (Å²) in [4.78, 5) is 0. The Balaban J connectivity index is -0.00000180. The van der Waals surface area contributed by atoms with Crippen molar-refractivity contribution in [3.8, 4) is 0 Å². The van der Waals surface area contributed by atoms with Gasteiger partial charge in [0, 0.05) is 0 Å². The molecule has 0 fully saturated rings. The van der Waals surface area contributed by atoms with Gasteiger partial charge < -0.3 is 7.43 Å². The molecule has 0 saturated carbocycles. The maximum absolute atomic E-state index is 2.37. The minimum atomic E-state index is 0. The normalized spacial score (nSPS) is 11.6. The molecule has 0 aliphatic rings. The van der Waals surface area contributed by atoms with Crippen LogP contribution in [0.2, 0.25) is 0 Å². The molecule has 138 valence electrons. The molecule has 2 unspecified atom stereocenters. The molecule has 0 aliphatic heterocycles. The summed E-state index contributed by atoms with van der Waals surface area (Å²) < 4.78 is 0. The minimum absolute atomic E-state index is 0. The van der Waals surface area contributed by atoms with Gasteiger partial charge in [-0.2, -0.15) is 9.90 Å². The van der Waals surface area contributed by atoms with Crippen LogP contribution in [0, 0.1) is 13.3 Å². The van der Waals surface area contributed by atoms with E-state index in [1.165, 1.54) is 103 Å². The van der Waals surface area contributed by atoms with Crippen molar-refractivity contribution < 1.29 is 0 Å². The fourth-order valence-corrected chi connectivity index (χ4v) is 3.14. The van der Waals surface area contributed by atoms with Crippen LogP contribution < -0.4 is 0 Å². The maximum atomic E-state index is 2.37. The Kier molecular flexibility index (Phi) is 29.4. The monoisotopic (exact) mass is 331 g/mol. The molecule has 1 heteroatoms. The summed E-state index contributed by atoms with van der Waals surface area (Å²) in [6.45, 7) is 6.99. The van der Waals surface area contributed by atoms with E-state index in [2.05, 4.69) is 20.8 Å². The lowest BCUT2D eigenvalue weighted by atomic mass is 9.93. The standard InChI is InChI=1S/C20H42.CH3.H3P/c1-4-7-9-10-11-12-13-14-15-16-17-19-20(6-3)18-8-5-2;;/h20H,4-19H2,1-3H3;2*1H3/q;-1;. The third-order valence-electron chi connectivity index (χ3n) is 4.76. The Labute approximate surface area is 147 Å². The first-order valence-electron chi connectivity index (χ1n) is 9.85. The van der Waals surface area contributed by atoms with E-state index < -0.39 is 0 Å². The topological polar surface area (TPSA) is 0 Å². The zero-order chi connectivity index (χ0) is 14.9. The van der Waals surface area contributed by atoms with E-state index in [4.69, 9.17) is 0 Å². The second kappa shape index (κ2) is 23.7. The summed E-state index contributed by atoms with van der Waals surface area (Å²) in [5, 5.41) is 0. The quantitative estimate of drug-likeness (QED) is 0.151. The fourth-order valence-electron chi connectivity index (χ4n) is 3.14. The molecule has 2 atom stereocenters. The molecule has 0 radical (unpaired) electrons. The van der Waals surface area contributed by atoms with Gasteiger partial charge in [-0.3, -0.25) is 0 Å². The molecular formula is C21H48P-. The van der Waals surface area contributed by atoms with Gasteiger partial charge in [0.05, 0.1) is 0 Å². The molecule has 0 amide bonds. The molecule has 0 heterocycles. The zero-order valence-electron chi connectivity index (χ0n) is 16.6. The summed E-state index contributed by atoms with van der Waals surface area (Å²) in [7, 11) is 0. The number of rotatable bonds is 16. The van der Waals surface area contributed by atoms with Crippen molar-refractivity contribution in [3.63, 3.8) is 0 Å². The van der Waals surface area contributed by atoms with Gasteiger partial charge in [0.25, 0.3) is 0 Å². The highest BCUT2D eigenvalue weighted by Gasteiger charge is 2.04. The molecule has 0 aromatic carbocycles. The largest absolute Gasteiger partial charge is 0.358 e. The van der Waals surface area contributed by atoms with E-state index in [1.807, 2.05) is 0 Å². The first-order chi connectivity index (χ1) is 9.85. The summed E-state index contributed by atoms with van der Waals surface area (Å²) in [6.07, 6.45) is 23.3. The predicted octanol–water partition coefficient (Wildman–Crippen LogP) is 8.41. The summed E-state index contributed by atoms with van der Waals surface area (Å²) >= 11 is 0. The molecule has 0 aliphatic carbocycles. The lowest BCUT2D eigenvalue weighted by Gasteiger charge is -2.13. The van der Waals surface area contributed by atoms with E-state index >= 15 is 0 Å². The van der Waals surface area contributed by atoms with E-state index in [0.717, 1.165) is 5.92 Å². The summed E-state index contributed by atoms with van der Waals surface area (Å²) in [6, 6.07) is 0. The molecule has 0 N–H and O–H groups in total. The minimum Gasteiger partial charge on any atom is -0.358 e. The fraction of sp³-hybridized carbons (Fsp3) is 0.952. The average molecular weight is 332 g/mol. The van der Waals surface area contributed by atoms with E-state index in [-0.39, 0.29) is 17.3 Å². The molecule has 0 aromatic heterocycles. The van der Waals surface area contributed by atoms with Crippen molar-refractivity contribution in [1.82, 2.24) is 0 Å². The van der Waals surface area contributed by atoms with Gasteiger partial charge in [-0.05, 0) is 5.92 Å². The predicted molar refractivity (Wildman–Crippen MR) is 112 cm³/mol. The highest BCUT2D eigenvalue weighted by Crippen LogP contribution is 2.20. The number of hydrogen-bond donors (Lipinski definition) is 0. The highest BCUT2D eigenvalue weighted by atomic mass is 31.0. The first-order valence-corrected chi connectivity index (χ1v) is 9.85. The van der Waals surface area contributed by atoms with Crippen LogP contribution in [0.15, 0.2) is 0 Å². The van der Waals surface area contributed by atoms with Crippen LogP contribution in [0.25, 0.3) is 0 Å². The van der Waals surface area contributed by atoms with Crippen LogP contribution in [0.1, 0.15) is 124 Å². The van der Waals surface area contributed by atoms with Crippen molar-refractivity contribution in [2.45, 2.75) is 124 Å². The van der Waals surface area contributed by atoms with Crippen molar-refractivity contribution in [2.24, 2.45) is 5.92 Å². The third-order valence-corrected chi connectivity index (χ3v) is 4.76. The van der Waals surface area contributed by atoms with Gasteiger partial charge in [0.1, 0.15) is 0 Å². The lowest BCUT2D eigenvalue weighted by molar-refractivity contribution is 0.399. The molecular weight excluding hydrogens is 283 g/mol. The molecule has 0 spiro atoms. The van der Waals surface area contributed by atoms with Gasteiger partial charge in [-0.25, -0.2) is 0 Å². The molecule has 0 bridgehead atoms. The molecule has 22 heavy (non-hydrogen) atoms. The van der Waals surface area contributed by atoms with E-state index in [9.17, 15) is 0 Å². The Morgan fingerprint density at radius 3 is 1.27 bits per heavy atom. The van der Waals surface area contributed by atoms with Crippen LogP contribution in [-0.4, -0.2) is 0 Å². The van der Waals surface area contributed by atoms with Crippen molar-refractivity contribution >= 4 is 9.90 Å². The van der Waals surface area contributed by atoms with E-state index in [0.29, 0.717) is 0 Å². The van der Waals surface area contributed by atoms with Gasteiger partial charge in [-0.15, -0.1) is 0 Å². The van der Waals surface area contributed by atoms with Crippen LogP contribution in [-0.2, 0) is 0 Å². The molecule has 0 saturated heterocycles. The molecule has 0 nitrogen and oxygen atoms in total. The molecule has 0 rings (SSSR count). The van der Waals surface area contributed by atoms with Gasteiger partial charge in [-0.1, -0.05) is 124 Å². The lowest BCUT2D eigenvalue weighted by Crippen LogP contribution is -1.98. The first kappa shape index (κ1) is 27.3. The van der Waals surface area contributed by atoms with Crippen molar-refractivity contribution in [1.29, 1.82) is 0 Å². The van der Waals surface area contributed by atoms with Crippen LogP contribution in [0.5, 0.6) is 0 Å². The number of hydrogen-bond acceptors (Lipinski definition) is 0. The van der Waals surface area contributed by atoms with Crippen molar-refractivity contribution in [2.75, 3.05) is 0 Å². The SMILES string of the molecule is CCCCCCCCCCCCCC(CC)CCCC.P.[CH3-]. The second-order valence-corrected chi connectivity index (χ2v) is 6.74. The van der Waals surface area contributed by atoms with Gasteiger partial charge in [0.15, 0.2) is 0 Å². The van der Waals surface area contributed by atoms with E-state index in [1.54, 1.807) is 0 Å². The number of unbranched alkanes of at least 4 members (excludes halogenated alkanes) is 11. The molecule has 0 aromatic rings. The average Bonchev–Trinajstić information content (AvgIpc) is 2.48. The van der Waals surface area contributed by atoms with Gasteiger partial charge in [0.2, 0.25) is 0 Å². The maximum Gasteiger partial charge on any atom is -0.0417 e. The van der Waals surface area contributed by atoms with Crippen LogP contribution in [0.3, 0.4) is 0 Å². The Morgan fingerprint density at radius 1 is 0.500 bits per heavy atom. The Morgan fingerprint density at radius 2 is 0.864 bits per heavy atom. The Bertz CT molecular complexity index is 167. The highest BCUT2D eigenvalue weighted by molar-refractivity contribution is 6.92. The summed E-state index contributed by atoms with van der Waals surface area (Å²) in [5.74, 6) is 1.02. The van der Waals surface area contributed by atoms with Crippen molar-refractivity contribution in [3.05, 3.63) is 7.43 Å². The smallest absolute Gasteiger partial charge is 0.0417 e. The summed E-state index contributed by atoms with van der Waals surface area (Å²) in [5.41, 5.74) is 0. The van der Waals surface area contributed by atoms with Gasteiger partial charge >= 0.3 is 0 Å². The zero-order valence-corrected chi connectivity index (χ0v) is 18.0. The van der Waals surface area contributed by atoms with Crippen LogP contribution >= 0.6 is 9.90 Å². The third kappa shape index (κ3) is 20.4. The second-order valence-electron chi connectivity index (χ2n) is 6.74. The van der Waals surface area contributed by atoms with Crippen LogP contribution in [0.4, 0.5) is 0 Å². The Hall–Kier alpha value is 0.430.